The molecule has 0 heterocycles. The molecule has 2 aromatic rings. The van der Waals surface area contributed by atoms with Gasteiger partial charge in [-0.3, -0.25) is 0 Å². The molecule has 0 saturated carbocycles. The number of sulfonamides is 1. The van der Waals surface area contributed by atoms with E-state index in [2.05, 4.69) is 4.72 Å². The van der Waals surface area contributed by atoms with Crippen LogP contribution in [0.1, 0.15) is 12.0 Å². The van der Waals surface area contributed by atoms with Gasteiger partial charge in [0.25, 0.3) is 0 Å². The second-order valence-corrected chi connectivity index (χ2v) is 9.19. The minimum absolute atomic E-state index is 0. The maximum atomic E-state index is 11.4. The summed E-state index contributed by atoms with van der Waals surface area (Å²) in [6.07, 6.45) is 1.02. The van der Waals surface area contributed by atoms with Crippen molar-refractivity contribution in [2.45, 2.75) is 12.8 Å². The number of hydrogen-bond acceptors (Lipinski definition) is 6. The number of ether oxygens (including phenoxy) is 1. The van der Waals surface area contributed by atoms with Crippen molar-refractivity contribution < 1.29 is 130 Å². The fourth-order valence-electron chi connectivity index (χ4n) is 2.16. The van der Waals surface area contributed by atoms with Gasteiger partial charge in [-0.2, -0.15) is 0 Å². The monoisotopic (exact) mass is 461 g/mol. The van der Waals surface area contributed by atoms with Crippen LogP contribution >= 0.6 is 7.60 Å². The number of nitrogens with one attached hydrogen (secondary N) is 1. The Labute approximate surface area is 244 Å². The maximum absolute atomic E-state index is 11.4. The molecule has 1 N–H and O–H groups in total. The third kappa shape index (κ3) is 12.8. The van der Waals surface area contributed by atoms with Gasteiger partial charge >= 0.3 is 103 Å². The average molecular weight is 462 g/mol. The van der Waals surface area contributed by atoms with E-state index in [1.807, 2.05) is 54.6 Å². The molecule has 7 nitrogen and oxygen atoms in total. The molecule has 0 atom stereocenters. The van der Waals surface area contributed by atoms with Crippen molar-refractivity contribution in [1.82, 2.24) is 4.72 Å². The van der Waals surface area contributed by atoms with Crippen molar-refractivity contribution in [3.05, 3.63) is 60.2 Å². The van der Waals surface area contributed by atoms with Gasteiger partial charge in [0.1, 0.15) is 11.5 Å². The molecular weight excluding hydrogens is 443 g/mol. The molecule has 0 aliphatic carbocycles. The third-order valence-electron chi connectivity index (χ3n) is 3.17. The van der Waals surface area contributed by atoms with E-state index in [1.165, 1.54) is 0 Å². The topological polar surface area (TPSA) is 119 Å². The standard InChI is InChI=1S/C16H20NO6PS.2K/c18-24(19,20)13-25(21,22)17-11-5-7-14-6-4-10-16(12-14)23-15-8-2-1-3-9-15;;/h1-4,6,8-10,12,17H,5,7,11,13H2,(H2,18,19,20);;/q;2*+1/p-2. The summed E-state index contributed by atoms with van der Waals surface area (Å²) in [5, 5.41) is 0. The van der Waals surface area contributed by atoms with Gasteiger partial charge in [-0.25, -0.2) is 13.1 Å². The molecule has 0 aliphatic heterocycles. The van der Waals surface area contributed by atoms with Crippen LogP contribution in [-0.2, 0) is 21.0 Å². The van der Waals surface area contributed by atoms with Crippen LogP contribution < -0.4 is 122 Å². The van der Waals surface area contributed by atoms with E-state index in [0.29, 0.717) is 24.3 Å². The Hall–Kier alpha value is 1.57. The quantitative estimate of drug-likeness (QED) is 0.228. The van der Waals surface area contributed by atoms with Gasteiger partial charge in [0.15, 0.2) is 0 Å². The molecule has 0 unspecified atom stereocenters. The van der Waals surface area contributed by atoms with Gasteiger partial charge in [-0.15, -0.1) is 0 Å². The summed E-state index contributed by atoms with van der Waals surface area (Å²) in [6.45, 7) is 0.0477. The Balaban J connectivity index is 0.00000338. The maximum Gasteiger partial charge on any atom is 1.00 e. The van der Waals surface area contributed by atoms with Crippen molar-refractivity contribution in [2.24, 2.45) is 0 Å². The summed E-state index contributed by atoms with van der Waals surface area (Å²) in [6, 6.07) is 16.7. The first-order valence-electron chi connectivity index (χ1n) is 7.54. The van der Waals surface area contributed by atoms with E-state index < -0.39 is 23.1 Å². The Bertz CT molecular complexity index is 845. The van der Waals surface area contributed by atoms with Crippen LogP contribution in [0.15, 0.2) is 54.6 Å². The van der Waals surface area contributed by atoms with E-state index in [4.69, 9.17) is 4.74 Å². The van der Waals surface area contributed by atoms with Crippen molar-refractivity contribution in [3.8, 4) is 11.5 Å². The number of para-hydroxylation sites is 1. The van der Waals surface area contributed by atoms with Gasteiger partial charge in [0, 0.05) is 6.54 Å². The summed E-state index contributed by atoms with van der Waals surface area (Å²) < 4.78 is 41.2. The average Bonchev–Trinajstić information content (AvgIpc) is 2.51. The van der Waals surface area contributed by atoms with Crippen LogP contribution in [-0.4, -0.2) is 20.5 Å². The summed E-state index contributed by atoms with van der Waals surface area (Å²) in [5.74, 6) is 1.38. The normalized spacial score (nSPS) is 11.2. The Morgan fingerprint density at radius 3 is 2.22 bits per heavy atom. The van der Waals surface area contributed by atoms with Crippen LogP contribution in [0.3, 0.4) is 0 Å². The summed E-state index contributed by atoms with van der Waals surface area (Å²) in [7, 11) is -9.21. The molecule has 0 aliphatic rings. The largest absolute Gasteiger partial charge is 1.00 e. The molecule has 0 fully saturated rings. The van der Waals surface area contributed by atoms with Crippen LogP contribution in [0.2, 0.25) is 0 Å². The van der Waals surface area contributed by atoms with Gasteiger partial charge in [0.2, 0.25) is 10.0 Å². The minimum atomic E-state index is -5.10. The molecule has 136 valence electrons. The van der Waals surface area contributed by atoms with Gasteiger partial charge in [0.05, 0.1) is 5.49 Å². The zero-order valence-corrected chi connectivity index (χ0v) is 23.3. The van der Waals surface area contributed by atoms with Gasteiger partial charge < -0.3 is 19.1 Å². The van der Waals surface area contributed by atoms with E-state index in [0.717, 1.165) is 5.56 Å². The molecule has 2 aromatic carbocycles. The predicted molar refractivity (Wildman–Crippen MR) is 90.7 cm³/mol. The SMILES string of the molecule is O=P([O-])([O-])CS(=O)(=O)NCCCc1cccc(Oc2ccccc2)c1.[K+].[K+]. The fraction of sp³-hybridized carbons (Fsp3) is 0.250. The van der Waals surface area contributed by atoms with Crippen molar-refractivity contribution in [3.63, 3.8) is 0 Å². The molecule has 0 saturated heterocycles. The summed E-state index contributed by atoms with van der Waals surface area (Å²) in [4.78, 5) is 21.1. The Morgan fingerprint density at radius 1 is 0.963 bits per heavy atom. The number of rotatable bonds is 9. The molecule has 11 heteroatoms. The van der Waals surface area contributed by atoms with Crippen LogP contribution in [0.4, 0.5) is 0 Å². The van der Waals surface area contributed by atoms with Gasteiger partial charge in [-0.1, -0.05) is 37.9 Å². The first-order valence-corrected chi connectivity index (χ1v) is 10.9. The number of hydrogen-bond donors (Lipinski definition) is 1. The van der Waals surface area contributed by atoms with E-state index in [9.17, 15) is 22.8 Å². The Kier molecular flexibility index (Phi) is 14.6. The number of benzene rings is 2. The minimum Gasteiger partial charge on any atom is -0.810 e. The molecule has 0 aromatic heterocycles. The van der Waals surface area contributed by atoms with Crippen molar-refractivity contribution in [2.75, 3.05) is 12.0 Å². The predicted octanol–water partition coefficient (Wildman–Crippen LogP) is -4.79. The summed E-state index contributed by atoms with van der Waals surface area (Å²) in [5.41, 5.74) is -0.466. The van der Waals surface area contributed by atoms with Crippen LogP contribution in [0.25, 0.3) is 0 Å². The molecule has 2 rings (SSSR count). The van der Waals surface area contributed by atoms with Crippen molar-refractivity contribution >= 4 is 17.6 Å². The first-order chi connectivity index (χ1) is 11.7. The van der Waals surface area contributed by atoms with E-state index in [1.54, 1.807) is 0 Å². The fourth-order valence-corrected chi connectivity index (χ4v) is 4.65. The van der Waals surface area contributed by atoms with Crippen LogP contribution in [0, 0.1) is 0 Å². The van der Waals surface area contributed by atoms with E-state index in [-0.39, 0.29) is 109 Å². The molecule has 0 amide bonds. The zero-order chi connectivity index (χ0) is 18.3. The summed E-state index contributed by atoms with van der Waals surface area (Å²) >= 11 is 0. The smallest absolute Gasteiger partial charge is 0.810 e. The molecule has 0 radical (unpaired) electrons. The van der Waals surface area contributed by atoms with E-state index >= 15 is 0 Å². The first kappa shape index (κ1) is 28.6. The second-order valence-electron chi connectivity index (χ2n) is 5.42. The van der Waals surface area contributed by atoms with Crippen LogP contribution in [0.5, 0.6) is 11.5 Å². The third-order valence-corrected chi connectivity index (χ3v) is 6.44. The molecular formula is C16H18K2NO6PS. The number of aryl methyl sites for hydroxylation is 1. The van der Waals surface area contributed by atoms with Crippen molar-refractivity contribution in [1.29, 1.82) is 0 Å². The second kappa shape index (κ2) is 13.8. The molecule has 0 bridgehead atoms. The molecule has 27 heavy (non-hydrogen) atoms. The van der Waals surface area contributed by atoms with Gasteiger partial charge in [-0.05, 0) is 42.7 Å². The molecule has 0 spiro atoms. The zero-order valence-electron chi connectivity index (χ0n) is 15.3. The Morgan fingerprint density at radius 2 is 1.59 bits per heavy atom.